The number of carbonyl (C=O) groups excluding carboxylic acids is 1. The predicted octanol–water partition coefficient (Wildman–Crippen LogP) is 3.15. The molecular weight excluding hydrogens is 226 g/mol. The Balaban J connectivity index is 2.37. The summed E-state index contributed by atoms with van der Waals surface area (Å²) in [4.78, 5) is 11.1. The Morgan fingerprint density at radius 2 is 1.72 bits per heavy atom. The molecular formula is C15H11NO2. The molecule has 0 aliphatic carbocycles. The molecule has 0 atom stereocenters. The molecule has 2 aromatic carbocycles. The summed E-state index contributed by atoms with van der Waals surface area (Å²) in [6.07, 6.45) is 2.57. The second-order valence-corrected chi connectivity index (χ2v) is 4.08. The van der Waals surface area contributed by atoms with Crippen LogP contribution in [0.2, 0.25) is 0 Å². The average Bonchev–Trinajstić information content (AvgIpc) is 2.78. The van der Waals surface area contributed by atoms with Gasteiger partial charge in [-0.05, 0) is 18.2 Å². The zero-order valence-corrected chi connectivity index (χ0v) is 9.58. The zero-order chi connectivity index (χ0) is 12.5. The molecule has 0 aliphatic rings. The van der Waals surface area contributed by atoms with Crippen molar-refractivity contribution in [2.45, 2.75) is 0 Å². The minimum atomic E-state index is 0.190. The van der Waals surface area contributed by atoms with E-state index < -0.39 is 0 Å². The summed E-state index contributed by atoms with van der Waals surface area (Å²) >= 11 is 0. The van der Waals surface area contributed by atoms with Gasteiger partial charge in [-0.2, -0.15) is 0 Å². The topological polar surface area (TPSA) is 42.2 Å². The van der Waals surface area contributed by atoms with Gasteiger partial charge in [-0.15, -0.1) is 0 Å². The highest BCUT2D eigenvalue weighted by molar-refractivity contribution is 5.98. The van der Waals surface area contributed by atoms with Gasteiger partial charge in [-0.3, -0.25) is 4.79 Å². The maximum absolute atomic E-state index is 11.1. The van der Waals surface area contributed by atoms with Crippen molar-refractivity contribution in [3.8, 4) is 11.4 Å². The molecule has 88 valence electrons. The van der Waals surface area contributed by atoms with E-state index in [0.717, 1.165) is 17.2 Å². The molecule has 18 heavy (non-hydrogen) atoms. The van der Waals surface area contributed by atoms with Crippen molar-refractivity contribution in [2.24, 2.45) is 0 Å². The number of para-hydroxylation sites is 3. The molecule has 3 heteroatoms. The summed E-state index contributed by atoms with van der Waals surface area (Å²) in [5.41, 5.74) is 2.19. The van der Waals surface area contributed by atoms with Crippen molar-refractivity contribution in [1.82, 2.24) is 4.57 Å². The Morgan fingerprint density at radius 3 is 2.50 bits per heavy atom. The van der Waals surface area contributed by atoms with Crippen LogP contribution < -0.4 is 0 Å². The molecule has 1 N–H and O–H groups in total. The van der Waals surface area contributed by atoms with E-state index in [1.54, 1.807) is 18.3 Å². The van der Waals surface area contributed by atoms with Crippen molar-refractivity contribution in [3.05, 3.63) is 60.3 Å². The lowest BCUT2D eigenvalue weighted by atomic mass is 10.2. The van der Waals surface area contributed by atoms with Crippen LogP contribution in [0, 0.1) is 0 Å². The van der Waals surface area contributed by atoms with Crippen molar-refractivity contribution >= 4 is 17.2 Å². The van der Waals surface area contributed by atoms with Crippen LogP contribution in [0.1, 0.15) is 10.4 Å². The van der Waals surface area contributed by atoms with Gasteiger partial charge in [-0.1, -0.05) is 30.3 Å². The van der Waals surface area contributed by atoms with Crippen molar-refractivity contribution in [1.29, 1.82) is 0 Å². The Labute approximate surface area is 104 Å². The van der Waals surface area contributed by atoms with Crippen molar-refractivity contribution < 1.29 is 9.90 Å². The number of hydrogen-bond donors (Lipinski definition) is 1. The third-order valence-electron chi connectivity index (χ3n) is 3.01. The van der Waals surface area contributed by atoms with Gasteiger partial charge in [0.15, 0.2) is 6.29 Å². The predicted molar refractivity (Wildman–Crippen MR) is 70.3 cm³/mol. The first kappa shape index (κ1) is 10.6. The summed E-state index contributed by atoms with van der Waals surface area (Å²) < 4.78 is 1.83. The van der Waals surface area contributed by atoms with E-state index in [0.29, 0.717) is 11.3 Å². The van der Waals surface area contributed by atoms with Gasteiger partial charge in [0.1, 0.15) is 5.75 Å². The van der Waals surface area contributed by atoms with E-state index in [1.165, 1.54) is 0 Å². The smallest absolute Gasteiger partial charge is 0.152 e. The molecule has 3 rings (SSSR count). The first-order chi connectivity index (χ1) is 8.81. The molecule has 3 nitrogen and oxygen atoms in total. The number of carbonyl (C=O) groups is 1. The average molecular weight is 237 g/mol. The Hall–Kier alpha value is -2.55. The fraction of sp³-hybridized carbons (Fsp3) is 0. The van der Waals surface area contributed by atoms with Crippen LogP contribution in [0.4, 0.5) is 0 Å². The maximum atomic E-state index is 11.1. The zero-order valence-electron chi connectivity index (χ0n) is 9.58. The Bertz CT molecular complexity index is 728. The highest BCUT2D eigenvalue weighted by Crippen LogP contribution is 2.28. The number of fused-ring (bicyclic) bond motifs is 1. The third kappa shape index (κ3) is 1.49. The lowest BCUT2D eigenvalue weighted by molar-refractivity contribution is 0.112. The third-order valence-corrected chi connectivity index (χ3v) is 3.01. The van der Waals surface area contributed by atoms with Crippen LogP contribution in [-0.4, -0.2) is 16.0 Å². The molecule has 1 heterocycles. The summed E-state index contributed by atoms with van der Waals surface area (Å²) in [6, 6.07) is 14.7. The number of aromatic nitrogens is 1. The first-order valence-corrected chi connectivity index (χ1v) is 5.65. The quantitative estimate of drug-likeness (QED) is 0.696. The fourth-order valence-electron chi connectivity index (χ4n) is 2.17. The number of aromatic hydroxyl groups is 1. The van der Waals surface area contributed by atoms with Gasteiger partial charge in [0, 0.05) is 17.1 Å². The molecule has 0 aliphatic heterocycles. The summed E-state index contributed by atoms with van der Waals surface area (Å²) in [7, 11) is 0. The van der Waals surface area contributed by atoms with E-state index in [2.05, 4.69) is 0 Å². The molecule has 0 radical (unpaired) electrons. The second kappa shape index (κ2) is 4.04. The van der Waals surface area contributed by atoms with Gasteiger partial charge in [-0.25, -0.2) is 0 Å². The molecule has 0 saturated heterocycles. The van der Waals surface area contributed by atoms with E-state index in [4.69, 9.17) is 0 Å². The lowest BCUT2D eigenvalue weighted by Gasteiger charge is -2.06. The van der Waals surface area contributed by atoms with Gasteiger partial charge < -0.3 is 9.67 Å². The minimum Gasteiger partial charge on any atom is -0.506 e. The van der Waals surface area contributed by atoms with Crippen LogP contribution in [0.5, 0.6) is 5.75 Å². The summed E-state index contributed by atoms with van der Waals surface area (Å²) in [5.74, 6) is 0.190. The molecule has 0 bridgehead atoms. The second-order valence-electron chi connectivity index (χ2n) is 4.08. The Morgan fingerprint density at radius 1 is 1.00 bits per heavy atom. The molecule has 3 aromatic rings. The largest absolute Gasteiger partial charge is 0.506 e. The lowest BCUT2D eigenvalue weighted by Crippen LogP contribution is -1.91. The number of benzene rings is 2. The standard InChI is InChI=1S/C15H11NO2/c17-10-11-9-16(13-6-2-1-5-12(11)13)14-7-3-4-8-15(14)18/h1-10,18H. The molecule has 0 unspecified atom stereocenters. The molecule has 0 amide bonds. The summed E-state index contributed by atoms with van der Waals surface area (Å²) in [6.45, 7) is 0. The number of nitrogens with zero attached hydrogens (tertiary/aromatic N) is 1. The monoisotopic (exact) mass is 237 g/mol. The SMILES string of the molecule is O=Cc1cn(-c2ccccc2O)c2ccccc12. The first-order valence-electron chi connectivity index (χ1n) is 5.65. The number of phenols is 1. The van der Waals surface area contributed by atoms with Crippen LogP contribution in [0.3, 0.4) is 0 Å². The molecule has 0 saturated carbocycles. The van der Waals surface area contributed by atoms with Gasteiger partial charge in [0.05, 0.1) is 11.2 Å². The fourth-order valence-corrected chi connectivity index (χ4v) is 2.17. The van der Waals surface area contributed by atoms with Crippen LogP contribution in [0.15, 0.2) is 54.7 Å². The number of aldehydes is 1. The van der Waals surface area contributed by atoms with Crippen molar-refractivity contribution in [3.63, 3.8) is 0 Å². The number of hydrogen-bond acceptors (Lipinski definition) is 2. The van der Waals surface area contributed by atoms with E-state index in [-0.39, 0.29) is 5.75 Å². The van der Waals surface area contributed by atoms with E-state index in [1.807, 2.05) is 41.0 Å². The summed E-state index contributed by atoms with van der Waals surface area (Å²) in [5, 5.41) is 10.8. The van der Waals surface area contributed by atoms with Gasteiger partial charge in [0.25, 0.3) is 0 Å². The molecule has 0 fully saturated rings. The Kier molecular flexibility index (Phi) is 2.38. The van der Waals surface area contributed by atoms with Crippen LogP contribution in [0.25, 0.3) is 16.6 Å². The van der Waals surface area contributed by atoms with Crippen LogP contribution in [-0.2, 0) is 0 Å². The van der Waals surface area contributed by atoms with E-state index >= 15 is 0 Å². The normalized spacial score (nSPS) is 10.7. The highest BCUT2D eigenvalue weighted by atomic mass is 16.3. The maximum Gasteiger partial charge on any atom is 0.152 e. The van der Waals surface area contributed by atoms with Crippen molar-refractivity contribution in [2.75, 3.05) is 0 Å². The van der Waals surface area contributed by atoms with Gasteiger partial charge >= 0.3 is 0 Å². The van der Waals surface area contributed by atoms with Crippen LogP contribution >= 0.6 is 0 Å². The molecule has 1 aromatic heterocycles. The van der Waals surface area contributed by atoms with E-state index in [9.17, 15) is 9.90 Å². The minimum absolute atomic E-state index is 0.190. The van der Waals surface area contributed by atoms with Gasteiger partial charge in [0.2, 0.25) is 0 Å². The molecule has 0 spiro atoms. The number of phenolic OH excluding ortho intramolecular Hbond substituents is 1. The highest BCUT2D eigenvalue weighted by Gasteiger charge is 2.10. The number of rotatable bonds is 2.